The first-order valence-electron chi connectivity index (χ1n) is 4.80. The van der Waals surface area contributed by atoms with Gasteiger partial charge in [0.2, 0.25) is 0 Å². The van der Waals surface area contributed by atoms with Crippen LogP contribution in [0.3, 0.4) is 0 Å². The van der Waals surface area contributed by atoms with E-state index in [9.17, 15) is 9.59 Å². The van der Waals surface area contributed by atoms with E-state index in [0.29, 0.717) is 0 Å². The molecule has 1 rings (SSSR count). The van der Waals surface area contributed by atoms with Crippen LogP contribution in [0.2, 0.25) is 0 Å². The maximum absolute atomic E-state index is 11.4. The van der Waals surface area contributed by atoms with Crippen molar-refractivity contribution < 1.29 is 19.4 Å². The van der Waals surface area contributed by atoms with Crippen LogP contribution in [0.15, 0.2) is 24.3 Å². The molecule has 0 unspecified atom stereocenters. The Labute approximate surface area is 98.4 Å². The third-order valence-electron chi connectivity index (χ3n) is 1.82. The second-order valence-electron chi connectivity index (χ2n) is 3.10. The van der Waals surface area contributed by atoms with E-state index >= 15 is 0 Å². The Bertz CT molecular complexity index is 445. The Balaban J connectivity index is 2.42. The lowest BCUT2D eigenvalue weighted by molar-refractivity contribution is -0.123. The van der Waals surface area contributed by atoms with E-state index in [4.69, 9.17) is 16.3 Å². The van der Waals surface area contributed by atoms with Crippen molar-refractivity contribution in [2.45, 2.75) is 0 Å². The molecular weight excluding hydrogens is 222 g/mol. The van der Waals surface area contributed by atoms with Gasteiger partial charge in [-0.25, -0.2) is 4.79 Å². The maximum atomic E-state index is 11.4. The molecule has 0 bridgehead atoms. The molecule has 1 aromatic rings. The van der Waals surface area contributed by atoms with E-state index in [1.165, 1.54) is 24.3 Å². The first-order chi connectivity index (χ1) is 8.13. The van der Waals surface area contributed by atoms with E-state index in [0.717, 1.165) is 0 Å². The van der Waals surface area contributed by atoms with E-state index < -0.39 is 11.9 Å². The van der Waals surface area contributed by atoms with Gasteiger partial charge in [0.25, 0.3) is 5.91 Å². The summed E-state index contributed by atoms with van der Waals surface area (Å²) in [5.74, 6) is 1.17. The van der Waals surface area contributed by atoms with Crippen LogP contribution in [-0.4, -0.2) is 30.1 Å². The number of amides is 1. The number of terminal acetylenes is 1. The van der Waals surface area contributed by atoms with Gasteiger partial charge in [0.15, 0.2) is 6.61 Å². The topological polar surface area (TPSA) is 75.6 Å². The molecule has 2 N–H and O–H groups in total. The Hall–Kier alpha value is -2.48. The van der Waals surface area contributed by atoms with Gasteiger partial charge < -0.3 is 15.2 Å². The quantitative estimate of drug-likeness (QED) is 0.579. The first kappa shape index (κ1) is 12.6. The SMILES string of the molecule is C#CCNC(=O)COC(=O)c1ccc(O)cc1. The minimum absolute atomic E-state index is 0.0494. The summed E-state index contributed by atoms with van der Waals surface area (Å²) < 4.78 is 4.73. The number of phenols is 1. The lowest BCUT2D eigenvalue weighted by Gasteiger charge is -2.04. The van der Waals surface area contributed by atoms with Crippen molar-refractivity contribution in [3.05, 3.63) is 29.8 Å². The molecule has 0 saturated heterocycles. The summed E-state index contributed by atoms with van der Waals surface area (Å²) in [4.78, 5) is 22.5. The Morgan fingerprint density at radius 2 is 2.00 bits per heavy atom. The van der Waals surface area contributed by atoms with Crippen LogP contribution in [-0.2, 0) is 9.53 Å². The van der Waals surface area contributed by atoms with Crippen molar-refractivity contribution in [2.75, 3.05) is 13.2 Å². The molecule has 0 aliphatic carbocycles. The molecule has 0 aliphatic heterocycles. The number of carbonyl (C=O) groups is 2. The van der Waals surface area contributed by atoms with Crippen molar-refractivity contribution in [3.8, 4) is 18.1 Å². The van der Waals surface area contributed by atoms with Gasteiger partial charge >= 0.3 is 5.97 Å². The van der Waals surface area contributed by atoms with Gasteiger partial charge in [-0.2, -0.15) is 0 Å². The fourth-order valence-electron chi connectivity index (χ4n) is 1.01. The Morgan fingerprint density at radius 1 is 1.35 bits per heavy atom. The molecule has 0 aromatic heterocycles. The number of phenolic OH excluding ortho intramolecular Hbond substituents is 1. The maximum Gasteiger partial charge on any atom is 0.338 e. The standard InChI is InChI=1S/C12H11NO4/c1-2-7-13-11(15)8-17-12(16)9-3-5-10(14)6-4-9/h1,3-6,14H,7-8H2,(H,13,15). The number of aromatic hydroxyl groups is 1. The van der Waals surface area contributed by atoms with Gasteiger partial charge in [-0.05, 0) is 24.3 Å². The molecule has 5 nitrogen and oxygen atoms in total. The molecule has 0 spiro atoms. The number of esters is 1. The predicted molar refractivity (Wildman–Crippen MR) is 60.2 cm³/mol. The van der Waals surface area contributed by atoms with Gasteiger partial charge in [0, 0.05) is 0 Å². The average Bonchev–Trinajstić information content (AvgIpc) is 2.34. The van der Waals surface area contributed by atoms with Gasteiger partial charge in [-0.1, -0.05) is 5.92 Å². The van der Waals surface area contributed by atoms with Crippen molar-refractivity contribution in [2.24, 2.45) is 0 Å². The summed E-state index contributed by atoms with van der Waals surface area (Å²) in [5, 5.41) is 11.4. The lowest BCUT2D eigenvalue weighted by Crippen LogP contribution is -2.28. The highest BCUT2D eigenvalue weighted by atomic mass is 16.5. The minimum atomic E-state index is -0.638. The summed E-state index contributed by atoms with van der Waals surface area (Å²) in [7, 11) is 0. The average molecular weight is 233 g/mol. The molecule has 1 amide bonds. The van der Waals surface area contributed by atoms with Crippen LogP contribution in [0.5, 0.6) is 5.75 Å². The molecule has 0 atom stereocenters. The van der Waals surface area contributed by atoms with E-state index in [2.05, 4.69) is 11.2 Å². The number of rotatable bonds is 4. The monoisotopic (exact) mass is 233 g/mol. The van der Waals surface area contributed by atoms with E-state index in [1.54, 1.807) is 0 Å². The normalized spacial score (nSPS) is 9.12. The zero-order chi connectivity index (χ0) is 12.7. The zero-order valence-corrected chi connectivity index (χ0v) is 8.97. The molecule has 0 radical (unpaired) electrons. The van der Waals surface area contributed by atoms with Crippen molar-refractivity contribution in [3.63, 3.8) is 0 Å². The zero-order valence-electron chi connectivity index (χ0n) is 8.97. The highest BCUT2D eigenvalue weighted by Gasteiger charge is 2.09. The van der Waals surface area contributed by atoms with Crippen LogP contribution in [0.25, 0.3) is 0 Å². The predicted octanol–water partition coefficient (Wildman–Crippen LogP) is 0.298. The summed E-state index contributed by atoms with van der Waals surface area (Å²) in [6.07, 6.45) is 4.94. The van der Waals surface area contributed by atoms with Crippen molar-refractivity contribution in [1.29, 1.82) is 0 Å². The number of ether oxygens (including phenoxy) is 1. The highest BCUT2D eigenvalue weighted by molar-refractivity contribution is 5.91. The summed E-state index contributed by atoms with van der Waals surface area (Å²) in [6.45, 7) is -0.295. The molecule has 0 fully saturated rings. The fraction of sp³-hybridized carbons (Fsp3) is 0.167. The lowest BCUT2D eigenvalue weighted by atomic mass is 10.2. The number of benzene rings is 1. The van der Waals surface area contributed by atoms with Crippen molar-refractivity contribution >= 4 is 11.9 Å². The largest absolute Gasteiger partial charge is 0.508 e. The smallest absolute Gasteiger partial charge is 0.338 e. The van der Waals surface area contributed by atoms with Gasteiger partial charge in [0.1, 0.15) is 5.75 Å². The Kier molecular flexibility index (Phi) is 4.58. The number of carbonyl (C=O) groups excluding carboxylic acids is 2. The van der Waals surface area contributed by atoms with Crippen LogP contribution in [0.1, 0.15) is 10.4 Å². The van der Waals surface area contributed by atoms with Gasteiger partial charge in [-0.15, -0.1) is 6.42 Å². The number of nitrogens with one attached hydrogen (secondary N) is 1. The van der Waals surface area contributed by atoms with E-state index in [1.807, 2.05) is 0 Å². The third-order valence-corrected chi connectivity index (χ3v) is 1.82. The van der Waals surface area contributed by atoms with Gasteiger partial charge in [0.05, 0.1) is 12.1 Å². The molecule has 0 saturated carbocycles. The molecular formula is C12H11NO4. The number of hydrogen-bond donors (Lipinski definition) is 2. The van der Waals surface area contributed by atoms with Crippen molar-refractivity contribution in [1.82, 2.24) is 5.32 Å². The third kappa shape index (κ3) is 4.26. The molecule has 17 heavy (non-hydrogen) atoms. The van der Waals surface area contributed by atoms with Crippen LogP contribution in [0, 0.1) is 12.3 Å². The fourth-order valence-corrected chi connectivity index (χ4v) is 1.01. The minimum Gasteiger partial charge on any atom is -0.508 e. The van der Waals surface area contributed by atoms with Gasteiger partial charge in [-0.3, -0.25) is 4.79 Å². The second-order valence-corrected chi connectivity index (χ2v) is 3.10. The first-order valence-corrected chi connectivity index (χ1v) is 4.80. The Morgan fingerprint density at radius 3 is 2.59 bits per heavy atom. The molecule has 5 heteroatoms. The second kappa shape index (κ2) is 6.18. The summed E-state index contributed by atoms with van der Waals surface area (Å²) >= 11 is 0. The van der Waals surface area contributed by atoms with Crippen LogP contribution >= 0.6 is 0 Å². The summed E-state index contributed by atoms with van der Waals surface area (Å²) in [6, 6.07) is 5.51. The molecule has 0 aliphatic rings. The van der Waals surface area contributed by atoms with Crippen LogP contribution < -0.4 is 5.32 Å². The molecule has 88 valence electrons. The van der Waals surface area contributed by atoms with E-state index in [-0.39, 0.29) is 24.5 Å². The highest BCUT2D eigenvalue weighted by Crippen LogP contribution is 2.10. The van der Waals surface area contributed by atoms with Crippen LogP contribution in [0.4, 0.5) is 0 Å². The molecule has 0 heterocycles. The summed E-state index contributed by atoms with van der Waals surface area (Å²) in [5.41, 5.74) is 0.257. The molecule has 1 aromatic carbocycles. The number of hydrogen-bond acceptors (Lipinski definition) is 4.